The molecule has 2 N–H and O–H groups in total. The van der Waals surface area contributed by atoms with Crippen LogP contribution in [0, 0.1) is 11.8 Å². The fraction of sp³-hybridized carbons (Fsp3) is 0.625. The van der Waals surface area contributed by atoms with Crippen molar-refractivity contribution >= 4 is 5.78 Å². The second-order valence-electron chi connectivity index (χ2n) is 2.85. The Morgan fingerprint density at radius 1 is 1.45 bits per heavy atom. The Labute approximate surface area is 65.3 Å². The average Bonchev–Trinajstić information content (AvgIpc) is 2.28. The third-order valence-electron chi connectivity index (χ3n) is 2.11. The fourth-order valence-electron chi connectivity index (χ4n) is 1.40. The van der Waals surface area contributed by atoms with Crippen molar-refractivity contribution in [2.24, 2.45) is 11.8 Å². The first-order chi connectivity index (χ1) is 5.20. The monoisotopic (exact) mass is 156 g/mol. The number of carbonyl (C=O) groups is 1. The standard InChI is InChI=1S/C8H12O3/c1-5-2-6(3-9)7(4-10)8(5)11/h2,6-7,9-10H,3-4H2,1H3/t6-,7-/m1/s1. The topological polar surface area (TPSA) is 57.5 Å². The van der Waals surface area contributed by atoms with E-state index < -0.39 is 5.92 Å². The molecule has 0 saturated heterocycles. The van der Waals surface area contributed by atoms with Crippen molar-refractivity contribution in [3.05, 3.63) is 11.6 Å². The second-order valence-corrected chi connectivity index (χ2v) is 2.85. The van der Waals surface area contributed by atoms with Crippen molar-refractivity contribution in [3.63, 3.8) is 0 Å². The van der Waals surface area contributed by atoms with Crippen LogP contribution < -0.4 is 0 Å². The van der Waals surface area contributed by atoms with E-state index in [-0.39, 0.29) is 24.9 Å². The van der Waals surface area contributed by atoms with Gasteiger partial charge in [0.2, 0.25) is 0 Å². The molecule has 2 atom stereocenters. The van der Waals surface area contributed by atoms with E-state index in [0.29, 0.717) is 5.57 Å². The van der Waals surface area contributed by atoms with E-state index in [0.717, 1.165) is 0 Å². The van der Waals surface area contributed by atoms with Crippen LogP contribution in [0.3, 0.4) is 0 Å². The number of carbonyl (C=O) groups excluding carboxylic acids is 1. The Kier molecular flexibility index (Phi) is 2.42. The van der Waals surface area contributed by atoms with Crippen LogP contribution in [0.2, 0.25) is 0 Å². The minimum atomic E-state index is -0.403. The third-order valence-corrected chi connectivity index (χ3v) is 2.11. The highest BCUT2D eigenvalue weighted by Crippen LogP contribution is 2.26. The quantitative estimate of drug-likeness (QED) is 0.578. The summed E-state index contributed by atoms with van der Waals surface area (Å²) in [4.78, 5) is 11.2. The van der Waals surface area contributed by atoms with E-state index in [2.05, 4.69) is 0 Å². The molecule has 0 aliphatic heterocycles. The summed E-state index contributed by atoms with van der Waals surface area (Å²) in [6.45, 7) is 1.48. The summed E-state index contributed by atoms with van der Waals surface area (Å²) in [5.41, 5.74) is 0.656. The van der Waals surface area contributed by atoms with Gasteiger partial charge in [-0.3, -0.25) is 4.79 Å². The second kappa shape index (κ2) is 3.15. The number of aliphatic hydroxyl groups is 2. The lowest BCUT2D eigenvalue weighted by molar-refractivity contribution is -0.120. The largest absolute Gasteiger partial charge is 0.396 e. The van der Waals surface area contributed by atoms with Gasteiger partial charge >= 0.3 is 0 Å². The Morgan fingerprint density at radius 2 is 2.09 bits per heavy atom. The normalized spacial score (nSPS) is 30.8. The maximum atomic E-state index is 11.2. The molecule has 1 aliphatic rings. The van der Waals surface area contributed by atoms with Gasteiger partial charge in [-0.2, -0.15) is 0 Å². The molecule has 62 valence electrons. The molecule has 0 spiro atoms. The summed E-state index contributed by atoms with van der Waals surface area (Å²) in [6, 6.07) is 0. The van der Waals surface area contributed by atoms with Gasteiger partial charge in [0.1, 0.15) is 0 Å². The maximum absolute atomic E-state index is 11.2. The lowest BCUT2D eigenvalue weighted by atomic mass is 9.96. The zero-order chi connectivity index (χ0) is 8.43. The number of hydrogen-bond donors (Lipinski definition) is 2. The van der Waals surface area contributed by atoms with Gasteiger partial charge in [-0.05, 0) is 12.5 Å². The maximum Gasteiger partial charge on any atom is 0.164 e. The Morgan fingerprint density at radius 3 is 2.45 bits per heavy atom. The van der Waals surface area contributed by atoms with Crippen LogP contribution in [0.4, 0.5) is 0 Å². The first-order valence-corrected chi connectivity index (χ1v) is 3.65. The van der Waals surface area contributed by atoms with Crippen LogP contribution >= 0.6 is 0 Å². The molecular formula is C8H12O3. The molecule has 11 heavy (non-hydrogen) atoms. The van der Waals surface area contributed by atoms with Gasteiger partial charge in [0.15, 0.2) is 5.78 Å². The van der Waals surface area contributed by atoms with Crippen LogP contribution in [0.15, 0.2) is 11.6 Å². The fourth-order valence-corrected chi connectivity index (χ4v) is 1.40. The van der Waals surface area contributed by atoms with Gasteiger partial charge in [-0.1, -0.05) is 6.08 Å². The molecule has 0 bridgehead atoms. The summed E-state index contributed by atoms with van der Waals surface area (Å²) in [7, 11) is 0. The van der Waals surface area contributed by atoms with Crippen LogP contribution in [0.5, 0.6) is 0 Å². The van der Waals surface area contributed by atoms with E-state index in [9.17, 15) is 4.79 Å². The number of Topliss-reactive ketones (excluding diaryl/α,β-unsaturated/α-hetero) is 1. The molecule has 3 heteroatoms. The van der Waals surface area contributed by atoms with Gasteiger partial charge < -0.3 is 10.2 Å². The molecule has 0 aromatic carbocycles. The van der Waals surface area contributed by atoms with E-state index in [4.69, 9.17) is 10.2 Å². The van der Waals surface area contributed by atoms with Gasteiger partial charge in [0.05, 0.1) is 19.1 Å². The third kappa shape index (κ3) is 1.34. The van der Waals surface area contributed by atoms with Crippen LogP contribution in [0.1, 0.15) is 6.92 Å². The Bertz CT molecular complexity index is 196. The number of aliphatic hydroxyl groups excluding tert-OH is 2. The zero-order valence-electron chi connectivity index (χ0n) is 6.45. The molecule has 0 heterocycles. The number of ketones is 1. The van der Waals surface area contributed by atoms with Crippen LogP contribution in [-0.2, 0) is 4.79 Å². The Balaban J connectivity index is 2.76. The summed E-state index contributed by atoms with van der Waals surface area (Å²) in [5, 5.41) is 17.6. The van der Waals surface area contributed by atoms with Crippen molar-refractivity contribution in [2.75, 3.05) is 13.2 Å². The number of rotatable bonds is 2. The van der Waals surface area contributed by atoms with Crippen molar-refractivity contribution in [2.45, 2.75) is 6.92 Å². The lowest BCUT2D eigenvalue weighted by Gasteiger charge is -2.11. The highest BCUT2D eigenvalue weighted by molar-refractivity contribution is 5.99. The lowest BCUT2D eigenvalue weighted by Crippen LogP contribution is -2.22. The van der Waals surface area contributed by atoms with E-state index in [1.807, 2.05) is 0 Å². The molecule has 1 aliphatic carbocycles. The van der Waals surface area contributed by atoms with Crippen LogP contribution in [0.25, 0.3) is 0 Å². The SMILES string of the molecule is CC1=C[C@H](CO)[C@@H](CO)C1=O. The summed E-state index contributed by atoms with van der Waals surface area (Å²) in [5.74, 6) is -0.612. The number of hydrogen-bond acceptors (Lipinski definition) is 3. The van der Waals surface area contributed by atoms with Crippen LogP contribution in [-0.4, -0.2) is 29.2 Å². The predicted octanol–water partition coefficient (Wildman–Crippen LogP) is -0.268. The Hall–Kier alpha value is -0.670. The number of allylic oxidation sites excluding steroid dienone is 1. The van der Waals surface area contributed by atoms with E-state index >= 15 is 0 Å². The molecule has 0 amide bonds. The predicted molar refractivity (Wildman–Crippen MR) is 39.9 cm³/mol. The summed E-state index contributed by atoms with van der Waals surface area (Å²) in [6.07, 6.45) is 1.73. The molecule has 0 radical (unpaired) electrons. The van der Waals surface area contributed by atoms with Gasteiger partial charge in [-0.15, -0.1) is 0 Å². The molecule has 0 aromatic heterocycles. The average molecular weight is 156 g/mol. The molecule has 0 saturated carbocycles. The highest BCUT2D eigenvalue weighted by Gasteiger charge is 2.32. The molecule has 0 fully saturated rings. The molecule has 0 aromatic rings. The molecule has 0 unspecified atom stereocenters. The van der Waals surface area contributed by atoms with Gasteiger partial charge in [0, 0.05) is 5.92 Å². The van der Waals surface area contributed by atoms with Crippen molar-refractivity contribution in [3.8, 4) is 0 Å². The first kappa shape index (κ1) is 8.43. The van der Waals surface area contributed by atoms with Gasteiger partial charge in [-0.25, -0.2) is 0 Å². The summed E-state index contributed by atoms with van der Waals surface area (Å²) < 4.78 is 0. The minimum Gasteiger partial charge on any atom is -0.396 e. The van der Waals surface area contributed by atoms with E-state index in [1.54, 1.807) is 13.0 Å². The zero-order valence-corrected chi connectivity index (χ0v) is 6.45. The van der Waals surface area contributed by atoms with Crippen molar-refractivity contribution < 1.29 is 15.0 Å². The molecule has 1 rings (SSSR count). The van der Waals surface area contributed by atoms with E-state index in [1.165, 1.54) is 0 Å². The summed E-state index contributed by atoms with van der Waals surface area (Å²) >= 11 is 0. The van der Waals surface area contributed by atoms with Crippen molar-refractivity contribution in [1.29, 1.82) is 0 Å². The smallest absolute Gasteiger partial charge is 0.164 e. The van der Waals surface area contributed by atoms with Gasteiger partial charge in [0.25, 0.3) is 0 Å². The first-order valence-electron chi connectivity index (χ1n) is 3.65. The minimum absolute atomic E-state index is 0.0356. The molecular weight excluding hydrogens is 144 g/mol. The molecule has 3 nitrogen and oxygen atoms in total. The highest BCUT2D eigenvalue weighted by atomic mass is 16.3. The van der Waals surface area contributed by atoms with Crippen molar-refractivity contribution in [1.82, 2.24) is 0 Å².